The van der Waals surface area contributed by atoms with Crippen LogP contribution in [0.3, 0.4) is 0 Å². The molecule has 0 fully saturated rings. The van der Waals surface area contributed by atoms with Gasteiger partial charge in [-0.15, -0.1) is 11.8 Å². The smallest absolute Gasteiger partial charge is 0.233 e. The Labute approximate surface area is 117 Å². The quantitative estimate of drug-likeness (QED) is 0.807. The summed E-state index contributed by atoms with van der Waals surface area (Å²) in [6, 6.07) is 3.79. The minimum atomic E-state index is -0.892. The molecular weight excluding hydrogens is 268 g/mol. The molecule has 2 atom stereocenters. The first-order chi connectivity index (χ1) is 8.93. The van der Waals surface area contributed by atoms with E-state index >= 15 is 0 Å². The van der Waals surface area contributed by atoms with E-state index < -0.39 is 11.6 Å². The molecule has 1 aromatic rings. The third-order valence-corrected chi connectivity index (χ3v) is 3.78. The zero-order valence-electron chi connectivity index (χ0n) is 11.4. The van der Waals surface area contributed by atoms with Crippen molar-refractivity contribution in [3.05, 3.63) is 29.8 Å². The fourth-order valence-corrected chi connectivity index (χ4v) is 2.57. The molecule has 0 heterocycles. The number of halogens is 2. The zero-order valence-corrected chi connectivity index (χ0v) is 12.2. The van der Waals surface area contributed by atoms with E-state index in [0.717, 1.165) is 25.0 Å². The largest absolute Gasteiger partial charge is 0.353 e. The Balaban J connectivity index is 2.56. The van der Waals surface area contributed by atoms with Gasteiger partial charge in [-0.2, -0.15) is 0 Å². The molecule has 0 aliphatic heterocycles. The van der Waals surface area contributed by atoms with Crippen LogP contribution in [0, 0.1) is 11.6 Å². The second-order valence-corrected chi connectivity index (χ2v) is 5.95. The minimum Gasteiger partial charge on any atom is -0.353 e. The van der Waals surface area contributed by atoms with Crippen LogP contribution in [0.25, 0.3) is 0 Å². The van der Waals surface area contributed by atoms with Crippen molar-refractivity contribution >= 4 is 17.7 Å². The zero-order chi connectivity index (χ0) is 14.4. The lowest BCUT2D eigenvalue weighted by Crippen LogP contribution is -2.37. The SMILES string of the molecule is CCCC(C)NC(=O)C(C)Sc1ccc(F)c(F)c1. The van der Waals surface area contributed by atoms with Gasteiger partial charge in [0.1, 0.15) is 0 Å². The van der Waals surface area contributed by atoms with Crippen LogP contribution < -0.4 is 5.32 Å². The Hall–Kier alpha value is -1.10. The van der Waals surface area contributed by atoms with E-state index in [2.05, 4.69) is 12.2 Å². The third-order valence-electron chi connectivity index (χ3n) is 2.68. The van der Waals surface area contributed by atoms with Crippen LogP contribution >= 0.6 is 11.8 Å². The average Bonchev–Trinajstić information content (AvgIpc) is 2.34. The lowest BCUT2D eigenvalue weighted by atomic mass is 10.2. The summed E-state index contributed by atoms with van der Waals surface area (Å²) < 4.78 is 25.8. The summed E-state index contributed by atoms with van der Waals surface area (Å²) >= 11 is 1.22. The summed E-state index contributed by atoms with van der Waals surface area (Å²) in [5.41, 5.74) is 0. The van der Waals surface area contributed by atoms with Gasteiger partial charge in [-0.1, -0.05) is 13.3 Å². The summed E-state index contributed by atoms with van der Waals surface area (Å²) in [6.45, 7) is 5.76. The van der Waals surface area contributed by atoms with Gasteiger partial charge in [0.05, 0.1) is 5.25 Å². The topological polar surface area (TPSA) is 29.1 Å². The van der Waals surface area contributed by atoms with Crippen LogP contribution in [0.1, 0.15) is 33.6 Å². The molecule has 0 saturated carbocycles. The summed E-state index contributed by atoms with van der Waals surface area (Å²) in [5, 5.41) is 2.56. The number of hydrogen-bond acceptors (Lipinski definition) is 2. The number of thioether (sulfide) groups is 1. The fourth-order valence-electron chi connectivity index (χ4n) is 1.67. The molecule has 0 spiro atoms. The molecule has 1 amide bonds. The van der Waals surface area contributed by atoms with E-state index in [9.17, 15) is 13.6 Å². The normalized spacial score (nSPS) is 13.9. The molecule has 1 N–H and O–H groups in total. The van der Waals surface area contributed by atoms with Gasteiger partial charge < -0.3 is 5.32 Å². The first-order valence-electron chi connectivity index (χ1n) is 6.36. The highest BCUT2D eigenvalue weighted by Crippen LogP contribution is 2.25. The molecule has 19 heavy (non-hydrogen) atoms. The molecule has 0 aliphatic carbocycles. The lowest BCUT2D eigenvalue weighted by molar-refractivity contribution is -0.120. The summed E-state index contributed by atoms with van der Waals surface area (Å²) in [5.74, 6) is -1.86. The van der Waals surface area contributed by atoms with Crippen LogP contribution in [0.2, 0.25) is 0 Å². The van der Waals surface area contributed by atoms with Gasteiger partial charge in [0.25, 0.3) is 0 Å². The predicted octanol–water partition coefficient (Wildman–Crippen LogP) is 3.75. The molecule has 2 unspecified atom stereocenters. The highest BCUT2D eigenvalue weighted by molar-refractivity contribution is 8.00. The number of rotatable bonds is 6. The van der Waals surface area contributed by atoms with Crippen molar-refractivity contribution in [2.24, 2.45) is 0 Å². The Morgan fingerprint density at radius 1 is 1.32 bits per heavy atom. The number of amides is 1. The van der Waals surface area contributed by atoms with Gasteiger partial charge in [-0.25, -0.2) is 8.78 Å². The highest BCUT2D eigenvalue weighted by atomic mass is 32.2. The molecular formula is C14H19F2NOS. The van der Waals surface area contributed by atoms with Crippen molar-refractivity contribution in [3.8, 4) is 0 Å². The first-order valence-corrected chi connectivity index (χ1v) is 7.24. The van der Waals surface area contributed by atoms with Crippen LogP contribution in [0.5, 0.6) is 0 Å². The standard InChI is InChI=1S/C14H19F2NOS/c1-4-5-9(2)17-14(18)10(3)19-11-6-7-12(15)13(16)8-11/h6-10H,4-5H2,1-3H3,(H,17,18). The molecule has 0 bridgehead atoms. The maximum atomic E-state index is 13.1. The Morgan fingerprint density at radius 2 is 2.00 bits per heavy atom. The Morgan fingerprint density at radius 3 is 2.58 bits per heavy atom. The molecule has 106 valence electrons. The number of carbonyl (C=O) groups excluding carboxylic acids is 1. The summed E-state index contributed by atoms with van der Waals surface area (Å²) in [7, 11) is 0. The molecule has 1 aromatic carbocycles. The monoisotopic (exact) mass is 287 g/mol. The lowest BCUT2D eigenvalue weighted by Gasteiger charge is -2.16. The maximum absolute atomic E-state index is 13.1. The highest BCUT2D eigenvalue weighted by Gasteiger charge is 2.16. The maximum Gasteiger partial charge on any atom is 0.233 e. The van der Waals surface area contributed by atoms with Crippen molar-refractivity contribution in [1.82, 2.24) is 5.32 Å². The van der Waals surface area contributed by atoms with Gasteiger partial charge >= 0.3 is 0 Å². The average molecular weight is 287 g/mol. The van der Waals surface area contributed by atoms with Crippen LogP contribution in [0.15, 0.2) is 23.1 Å². The molecule has 5 heteroatoms. The molecule has 1 rings (SSSR count). The van der Waals surface area contributed by atoms with Gasteiger partial charge in [0, 0.05) is 10.9 Å². The number of hydrogen-bond donors (Lipinski definition) is 1. The van der Waals surface area contributed by atoms with E-state index in [0.29, 0.717) is 4.90 Å². The molecule has 0 aromatic heterocycles. The number of benzene rings is 1. The third kappa shape index (κ3) is 5.19. The Kier molecular flexibility index (Phi) is 6.28. The van der Waals surface area contributed by atoms with Crippen molar-refractivity contribution < 1.29 is 13.6 Å². The summed E-state index contributed by atoms with van der Waals surface area (Å²) in [6.07, 6.45) is 1.93. The van der Waals surface area contributed by atoms with E-state index in [1.807, 2.05) is 6.92 Å². The van der Waals surface area contributed by atoms with Crippen molar-refractivity contribution in [3.63, 3.8) is 0 Å². The molecule has 0 saturated heterocycles. The van der Waals surface area contributed by atoms with E-state index in [1.165, 1.54) is 17.8 Å². The molecule has 2 nitrogen and oxygen atoms in total. The predicted molar refractivity (Wildman–Crippen MR) is 74.2 cm³/mol. The van der Waals surface area contributed by atoms with Crippen LogP contribution in [-0.2, 0) is 4.79 Å². The molecule has 0 aliphatic rings. The van der Waals surface area contributed by atoms with Crippen LogP contribution in [-0.4, -0.2) is 17.2 Å². The number of nitrogens with one attached hydrogen (secondary N) is 1. The van der Waals surface area contributed by atoms with E-state index in [1.54, 1.807) is 6.92 Å². The van der Waals surface area contributed by atoms with Crippen molar-refractivity contribution in [1.29, 1.82) is 0 Å². The van der Waals surface area contributed by atoms with Crippen LogP contribution in [0.4, 0.5) is 8.78 Å². The van der Waals surface area contributed by atoms with Crippen molar-refractivity contribution in [2.75, 3.05) is 0 Å². The first kappa shape index (κ1) is 16.0. The van der Waals surface area contributed by atoms with Gasteiger partial charge in [-0.05, 0) is 38.5 Å². The number of carbonyl (C=O) groups is 1. The summed E-state index contributed by atoms with van der Waals surface area (Å²) in [4.78, 5) is 12.4. The fraction of sp³-hybridized carbons (Fsp3) is 0.500. The Bertz CT molecular complexity index is 439. The van der Waals surface area contributed by atoms with Gasteiger partial charge in [0.2, 0.25) is 5.91 Å². The van der Waals surface area contributed by atoms with Gasteiger partial charge in [-0.3, -0.25) is 4.79 Å². The van der Waals surface area contributed by atoms with E-state index in [-0.39, 0.29) is 17.2 Å². The van der Waals surface area contributed by atoms with Gasteiger partial charge in [0.15, 0.2) is 11.6 Å². The second kappa shape index (κ2) is 7.48. The van der Waals surface area contributed by atoms with E-state index in [4.69, 9.17) is 0 Å². The minimum absolute atomic E-state index is 0.0873. The van der Waals surface area contributed by atoms with Crippen molar-refractivity contribution in [2.45, 2.75) is 49.8 Å². The second-order valence-electron chi connectivity index (χ2n) is 4.53. The molecule has 0 radical (unpaired) electrons.